The van der Waals surface area contributed by atoms with Crippen LogP contribution in [0.5, 0.6) is 0 Å². The van der Waals surface area contributed by atoms with Crippen molar-refractivity contribution in [2.45, 2.75) is 0 Å². The van der Waals surface area contributed by atoms with Gasteiger partial charge in [-0.1, -0.05) is 0 Å². The quantitative estimate of drug-likeness (QED) is 0.415. The fourth-order valence-corrected chi connectivity index (χ4v) is 0. The van der Waals surface area contributed by atoms with Gasteiger partial charge in [-0.2, -0.15) is 0 Å². The Morgan fingerprint density at radius 1 is 1.00 bits per heavy atom. The second kappa shape index (κ2) is 13.4. The maximum absolute atomic E-state index is 9.24. The molecule has 0 aliphatic carbocycles. The molecule has 0 aromatic rings. The molecule has 0 spiro atoms. The van der Waals surface area contributed by atoms with Crippen molar-refractivity contribution in [2.24, 2.45) is 11.5 Å². The van der Waals surface area contributed by atoms with Crippen LogP contribution in [0.2, 0.25) is 0 Å². The van der Waals surface area contributed by atoms with Crippen LogP contribution in [0, 0.1) is 0 Å². The molecular formula is C2H8N2O4S2Zn. The summed E-state index contributed by atoms with van der Waals surface area (Å²) in [6.45, 7) is 0. The van der Waals surface area contributed by atoms with Crippen molar-refractivity contribution in [2.75, 3.05) is 11.8 Å². The van der Waals surface area contributed by atoms with E-state index in [0.29, 0.717) is 0 Å². The largest absolute Gasteiger partial charge is 2.00 e. The second-order valence-electron chi connectivity index (χ2n) is 0.941. The molecule has 0 aromatic heterocycles. The van der Waals surface area contributed by atoms with Crippen LogP contribution in [0.4, 0.5) is 0 Å². The summed E-state index contributed by atoms with van der Waals surface area (Å²) in [6.07, 6.45) is 0. The van der Waals surface area contributed by atoms with Gasteiger partial charge in [0.1, 0.15) is 0 Å². The maximum Gasteiger partial charge on any atom is 2.00 e. The third kappa shape index (κ3) is 36.4. The SMILES string of the molecule is NCS(=O)[O-].NCS(=O)[O-].[Zn+2]. The zero-order valence-electron chi connectivity index (χ0n) is 5.73. The number of rotatable bonds is 2. The van der Waals surface area contributed by atoms with E-state index in [-0.39, 0.29) is 31.2 Å². The number of hydrogen-bond donors (Lipinski definition) is 2. The Morgan fingerprint density at radius 2 is 1.09 bits per heavy atom. The predicted molar refractivity (Wildman–Crippen MR) is 35.9 cm³/mol. The van der Waals surface area contributed by atoms with Crippen molar-refractivity contribution in [3.63, 3.8) is 0 Å². The van der Waals surface area contributed by atoms with Crippen LogP contribution in [0.1, 0.15) is 0 Å². The van der Waals surface area contributed by atoms with Crippen molar-refractivity contribution in [3.05, 3.63) is 0 Å². The molecule has 2 atom stereocenters. The average Bonchev–Trinajstić information content (AvgIpc) is 1.89. The van der Waals surface area contributed by atoms with Gasteiger partial charge in [-0.3, -0.25) is 8.42 Å². The second-order valence-corrected chi connectivity index (χ2v) is 2.82. The van der Waals surface area contributed by atoms with Crippen molar-refractivity contribution in [1.82, 2.24) is 0 Å². The van der Waals surface area contributed by atoms with Crippen LogP contribution >= 0.6 is 0 Å². The molecule has 0 bridgehead atoms. The van der Waals surface area contributed by atoms with E-state index in [1.807, 2.05) is 0 Å². The molecule has 0 aliphatic rings. The first-order valence-electron chi connectivity index (χ1n) is 2.06. The van der Waals surface area contributed by atoms with E-state index in [0.717, 1.165) is 0 Å². The first kappa shape index (κ1) is 17.7. The van der Waals surface area contributed by atoms with Gasteiger partial charge in [0.25, 0.3) is 0 Å². The van der Waals surface area contributed by atoms with Crippen LogP contribution < -0.4 is 11.5 Å². The Morgan fingerprint density at radius 3 is 1.09 bits per heavy atom. The zero-order valence-corrected chi connectivity index (χ0v) is 10.3. The van der Waals surface area contributed by atoms with Crippen LogP contribution in [0.3, 0.4) is 0 Å². The molecule has 0 saturated heterocycles. The fraction of sp³-hybridized carbons (Fsp3) is 1.00. The van der Waals surface area contributed by atoms with E-state index in [1.54, 1.807) is 0 Å². The molecule has 0 fully saturated rings. The fourth-order valence-electron chi connectivity index (χ4n) is 0. The normalized spacial score (nSPS) is 13.5. The van der Waals surface area contributed by atoms with E-state index in [9.17, 15) is 17.5 Å². The van der Waals surface area contributed by atoms with Gasteiger partial charge in [-0.15, -0.1) is 0 Å². The molecular weight excluding hydrogens is 246 g/mol. The molecule has 9 heteroatoms. The van der Waals surface area contributed by atoms with Gasteiger partial charge < -0.3 is 20.6 Å². The van der Waals surface area contributed by atoms with E-state index < -0.39 is 22.2 Å². The molecule has 6 nitrogen and oxygen atoms in total. The molecule has 0 aromatic carbocycles. The Labute approximate surface area is 82.4 Å². The molecule has 0 aliphatic heterocycles. The standard InChI is InChI=1S/2CH5NO2S.Zn/c2*2-1-5(3)4;/h2*1-2H2,(H,3,4);/q;;+2/p-2. The van der Waals surface area contributed by atoms with Crippen molar-refractivity contribution >= 4 is 22.2 Å². The summed E-state index contributed by atoms with van der Waals surface area (Å²) in [5.74, 6) is -0.556. The summed E-state index contributed by atoms with van der Waals surface area (Å²) in [4.78, 5) is 0. The van der Waals surface area contributed by atoms with Crippen LogP contribution in [0.15, 0.2) is 0 Å². The summed E-state index contributed by atoms with van der Waals surface area (Å²) >= 11 is -4.09. The van der Waals surface area contributed by atoms with E-state index in [2.05, 4.69) is 11.5 Å². The van der Waals surface area contributed by atoms with Crippen molar-refractivity contribution in [1.29, 1.82) is 0 Å². The molecule has 0 rings (SSSR count). The summed E-state index contributed by atoms with van der Waals surface area (Å²) in [5.41, 5.74) is 9.12. The molecule has 0 heterocycles. The average molecular weight is 254 g/mol. The van der Waals surface area contributed by atoms with E-state index in [1.165, 1.54) is 0 Å². The van der Waals surface area contributed by atoms with Gasteiger partial charge in [0.05, 0.1) is 11.8 Å². The van der Waals surface area contributed by atoms with Crippen LogP contribution in [-0.4, -0.2) is 29.3 Å². The summed E-state index contributed by atoms with van der Waals surface area (Å²) in [6, 6.07) is 0. The molecule has 11 heavy (non-hydrogen) atoms. The van der Waals surface area contributed by atoms with Crippen LogP contribution in [-0.2, 0) is 41.6 Å². The predicted octanol–water partition coefficient (Wildman–Crippen LogP) is -2.44. The minimum Gasteiger partial charge on any atom is -0.771 e. The van der Waals surface area contributed by atoms with Gasteiger partial charge in [-0.05, 0) is 22.2 Å². The zero-order chi connectivity index (χ0) is 8.57. The van der Waals surface area contributed by atoms with Crippen molar-refractivity contribution < 1.29 is 37.0 Å². The first-order valence-corrected chi connectivity index (χ1v) is 4.55. The molecule has 4 N–H and O–H groups in total. The molecule has 0 amide bonds. The van der Waals surface area contributed by atoms with Gasteiger partial charge in [0.15, 0.2) is 0 Å². The topological polar surface area (TPSA) is 132 Å². The minimum atomic E-state index is -2.04. The maximum atomic E-state index is 9.24. The smallest absolute Gasteiger partial charge is 0.771 e. The van der Waals surface area contributed by atoms with Gasteiger partial charge in [0, 0.05) is 0 Å². The first-order chi connectivity index (χ1) is 4.54. The third-order valence-corrected chi connectivity index (χ3v) is 0.816. The summed E-state index contributed by atoms with van der Waals surface area (Å²) in [5, 5.41) is 0. The summed E-state index contributed by atoms with van der Waals surface area (Å²) in [7, 11) is 0. The Kier molecular flexibility index (Phi) is 21.6. The Balaban J connectivity index is -0.000000107. The molecule has 0 saturated carbocycles. The van der Waals surface area contributed by atoms with Gasteiger partial charge in [-0.25, -0.2) is 0 Å². The van der Waals surface area contributed by atoms with Gasteiger partial charge in [0.2, 0.25) is 0 Å². The monoisotopic (exact) mass is 252 g/mol. The third-order valence-electron chi connectivity index (χ3n) is 0.272. The molecule has 2 unspecified atom stereocenters. The summed E-state index contributed by atoms with van der Waals surface area (Å²) < 4.78 is 37.0. The number of nitrogens with two attached hydrogens (primary N) is 2. The van der Waals surface area contributed by atoms with Crippen LogP contribution in [0.25, 0.3) is 0 Å². The van der Waals surface area contributed by atoms with Gasteiger partial charge >= 0.3 is 19.5 Å². The molecule has 0 radical (unpaired) electrons. The van der Waals surface area contributed by atoms with E-state index >= 15 is 0 Å². The van der Waals surface area contributed by atoms with Crippen molar-refractivity contribution in [3.8, 4) is 0 Å². The Hall–Kier alpha value is 0.763. The number of hydrogen-bond acceptors (Lipinski definition) is 6. The minimum absolute atomic E-state index is 0. The Bertz CT molecular complexity index is 109. The van der Waals surface area contributed by atoms with E-state index in [4.69, 9.17) is 0 Å². The molecule has 64 valence electrons.